The van der Waals surface area contributed by atoms with E-state index in [-0.39, 0.29) is 6.10 Å². The minimum Gasteiger partial charge on any atom is -0.392 e. The fourth-order valence-corrected chi connectivity index (χ4v) is 3.32. The Balaban J connectivity index is 2.30. The van der Waals surface area contributed by atoms with E-state index in [2.05, 4.69) is 6.92 Å². The van der Waals surface area contributed by atoms with Crippen LogP contribution < -0.4 is 0 Å². The Morgan fingerprint density at radius 2 is 2.07 bits per heavy atom. The van der Waals surface area contributed by atoms with Crippen molar-refractivity contribution < 1.29 is 9.84 Å². The molecule has 1 fully saturated rings. The third kappa shape index (κ3) is 3.79. The first-order valence-electron chi connectivity index (χ1n) is 5.49. The number of aliphatic hydroxyl groups is 1. The molecule has 3 heteroatoms. The van der Waals surface area contributed by atoms with Gasteiger partial charge >= 0.3 is 0 Å². The molecule has 0 amide bonds. The lowest BCUT2D eigenvalue weighted by Crippen LogP contribution is -2.27. The molecule has 1 aliphatic carbocycles. The molecule has 0 saturated heterocycles. The van der Waals surface area contributed by atoms with Gasteiger partial charge in [-0.25, -0.2) is 0 Å². The number of hydrogen-bond acceptors (Lipinski definition) is 3. The van der Waals surface area contributed by atoms with Crippen LogP contribution in [0.5, 0.6) is 0 Å². The molecule has 0 aromatic carbocycles. The van der Waals surface area contributed by atoms with Gasteiger partial charge in [-0.1, -0.05) is 6.92 Å². The van der Waals surface area contributed by atoms with Crippen LogP contribution in [0.25, 0.3) is 0 Å². The quantitative estimate of drug-likeness (QED) is 0.786. The number of methoxy groups -OCH3 is 1. The molecule has 0 bridgehead atoms. The van der Waals surface area contributed by atoms with Gasteiger partial charge in [0, 0.05) is 17.6 Å². The zero-order chi connectivity index (χ0) is 10.6. The highest BCUT2D eigenvalue weighted by Gasteiger charge is 2.24. The first-order chi connectivity index (χ1) is 6.63. The minimum atomic E-state index is -0.206. The minimum absolute atomic E-state index is 0.206. The zero-order valence-corrected chi connectivity index (χ0v) is 10.2. The largest absolute Gasteiger partial charge is 0.392 e. The molecule has 0 radical (unpaired) electrons. The van der Waals surface area contributed by atoms with Crippen LogP contribution in [0.1, 0.15) is 39.5 Å². The third-order valence-corrected chi connectivity index (χ3v) is 4.63. The lowest BCUT2D eigenvalue weighted by Gasteiger charge is -2.30. The van der Waals surface area contributed by atoms with Crippen LogP contribution >= 0.6 is 11.8 Å². The fraction of sp³-hybridized carbons (Fsp3) is 1.00. The lowest BCUT2D eigenvalue weighted by molar-refractivity contribution is 0.0728. The Bertz CT molecular complexity index is 161. The van der Waals surface area contributed by atoms with Gasteiger partial charge in [0.05, 0.1) is 12.2 Å². The highest BCUT2D eigenvalue weighted by molar-refractivity contribution is 8.00. The second-order valence-electron chi connectivity index (χ2n) is 4.23. The van der Waals surface area contributed by atoms with E-state index >= 15 is 0 Å². The highest BCUT2D eigenvalue weighted by Crippen LogP contribution is 2.33. The van der Waals surface area contributed by atoms with E-state index in [0.29, 0.717) is 16.6 Å². The normalized spacial score (nSPS) is 32.6. The summed E-state index contributed by atoms with van der Waals surface area (Å²) in [5.41, 5.74) is 0. The van der Waals surface area contributed by atoms with E-state index in [0.717, 1.165) is 6.42 Å². The number of rotatable bonds is 4. The Kier molecular flexibility index (Phi) is 5.28. The molecule has 2 nitrogen and oxygen atoms in total. The van der Waals surface area contributed by atoms with Crippen LogP contribution in [-0.4, -0.2) is 34.9 Å². The first kappa shape index (κ1) is 12.3. The van der Waals surface area contributed by atoms with Crippen molar-refractivity contribution in [2.75, 3.05) is 7.11 Å². The van der Waals surface area contributed by atoms with E-state index in [9.17, 15) is 5.11 Å². The molecule has 4 atom stereocenters. The number of hydrogen-bond donors (Lipinski definition) is 1. The number of thioether (sulfide) groups is 1. The van der Waals surface area contributed by atoms with Crippen molar-refractivity contribution in [3.63, 3.8) is 0 Å². The molecule has 84 valence electrons. The van der Waals surface area contributed by atoms with Crippen LogP contribution in [0.3, 0.4) is 0 Å². The maximum absolute atomic E-state index is 9.42. The smallest absolute Gasteiger partial charge is 0.0628 e. The molecule has 0 aromatic heterocycles. The van der Waals surface area contributed by atoms with Gasteiger partial charge in [0.15, 0.2) is 0 Å². The van der Waals surface area contributed by atoms with E-state index in [1.165, 1.54) is 19.3 Å². The van der Waals surface area contributed by atoms with E-state index in [4.69, 9.17) is 4.74 Å². The van der Waals surface area contributed by atoms with Crippen molar-refractivity contribution in [2.45, 2.75) is 62.2 Å². The van der Waals surface area contributed by atoms with Crippen molar-refractivity contribution in [1.29, 1.82) is 0 Å². The fourth-order valence-electron chi connectivity index (χ4n) is 1.86. The number of ether oxygens (including phenoxy) is 1. The maximum atomic E-state index is 9.42. The average molecular weight is 218 g/mol. The van der Waals surface area contributed by atoms with Crippen molar-refractivity contribution in [3.05, 3.63) is 0 Å². The van der Waals surface area contributed by atoms with Gasteiger partial charge < -0.3 is 9.84 Å². The van der Waals surface area contributed by atoms with Crippen LogP contribution in [0.4, 0.5) is 0 Å². The van der Waals surface area contributed by atoms with E-state index in [1.807, 2.05) is 18.7 Å². The predicted octanol–water partition coefficient (Wildman–Crippen LogP) is 2.45. The van der Waals surface area contributed by atoms with Crippen molar-refractivity contribution in [2.24, 2.45) is 0 Å². The molecule has 1 saturated carbocycles. The Labute approximate surface area is 91.4 Å². The zero-order valence-electron chi connectivity index (χ0n) is 9.40. The van der Waals surface area contributed by atoms with E-state index < -0.39 is 0 Å². The Morgan fingerprint density at radius 3 is 2.64 bits per heavy atom. The molecular formula is C11H22O2S. The van der Waals surface area contributed by atoms with Gasteiger partial charge in [0.25, 0.3) is 0 Å². The SMILES string of the molecule is COC1CCCC(SC(C)C(C)O)C1. The number of aliphatic hydroxyl groups excluding tert-OH is 1. The van der Waals surface area contributed by atoms with Crippen LogP contribution in [-0.2, 0) is 4.74 Å². The van der Waals surface area contributed by atoms with Crippen molar-refractivity contribution >= 4 is 11.8 Å². The summed E-state index contributed by atoms with van der Waals surface area (Å²) in [7, 11) is 1.80. The van der Waals surface area contributed by atoms with Crippen molar-refractivity contribution in [3.8, 4) is 0 Å². The van der Waals surface area contributed by atoms with Gasteiger partial charge in [0.2, 0.25) is 0 Å². The molecule has 4 unspecified atom stereocenters. The summed E-state index contributed by atoms with van der Waals surface area (Å²) in [5.74, 6) is 0. The molecule has 1 N–H and O–H groups in total. The standard InChI is InChI=1S/C11H22O2S/c1-8(12)9(2)14-11-6-4-5-10(7-11)13-3/h8-12H,4-7H2,1-3H3. The Morgan fingerprint density at radius 1 is 1.36 bits per heavy atom. The molecule has 0 aliphatic heterocycles. The molecule has 1 rings (SSSR count). The molecule has 1 aliphatic rings. The average Bonchev–Trinajstić information content (AvgIpc) is 2.18. The molecule has 0 aromatic rings. The lowest BCUT2D eigenvalue weighted by atomic mass is 9.97. The van der Waals surface area contributed by atoms with Gasteiger partial charge in [-0.3, -0.25) is 0 Å². The highest BCUT2D eigenvalue weighted by atomic mass is 32.2. The monoisotopic (exact) mass is 218 g/mol. The third-order valence-electron chi connectivity index (χ3n) is 3.00. The summed E-state index contributed by atoms with van der Waals surface area (Å²) in [5, 5.41) is 10.4. The summed E-state index contributed by atoms with van der Waals surface area (Å²) >= 11 is 1.92. The molecule has 0 heterocycles. The van der Waals surface area contributed by atoms with Gasteiger partial charge in [-0.05, 0) is 32.6 Å². The summed E-state index contributed by atoms with van der Waals surface area (Å²) in [6, 6.07) is 0. The second-order valence-corrected chi connectivity index (χ2v) is 5.91. The Hall–Kier alpha value is 0.270. The topological polar surface area (TPSA) is 29.5 Å². The summed E-state index contributed by atoms with van der Waals surface area (Å²) < 4.78 is 5.39. The van der Waals surface area contributed by atoms with Gasteiger partial charge in [0.1, 0.15) is 0 Å². The van der Waals surface area contributed by atoms with E-state index in [1.54, 1.807) is 7.11 Å². The summed E-state index contributed by atoms with van der Waals surface area (Å²) in [4.78, 5) is 0. The second kappa shape index (κ2) is 5.99. The van der Waals surface area contributed by atoms with Crippen molar-refractivity contribution in [1.82, 2.24) is 0 Å². The van der Waals surface area contributed by atoms with Gasteiger partial charge in [-0.2, -0.15) is 11.8 Å². The molecule has 0 spiro atoms. The molecular weight excluding hydrogens is 196 g/mol. The maximum Gasteiger partial charge on any atom is 0.0628 e. The van der Waals surface area contributed by atoms with Crippen LogP contribution in [0.2, 0.25) is 0 Å². The first-order valence-corrected chi connectivity index (χ1v) is 6.44. The summed E-state index contributed by atoms with van der Waals surface area (Å²) in [6.07, 6.45) is 5.14. The molecule has 14 heavy (non-hydrogen) atoms. The summed E-state index contributed by atoms with van der Waals surface area (Å²) in [6.45, 7) is 3.97. The van der Waals surface area contributed by atoms with Gasteiger partial charge in [-0.15, -0.1) is 0 Å². The predicted molar refractivity (Wildman–Crippen MR) is 61.8 cm³/mol. The van der Waals surface area contributed by atoms with Crippen LogP contribution in [0, 0.1) is 0 Å². The van der Waals surface area contributed by atoms with Crippen LogP contribution in [0.15, 0.2) is 0 Å².